The van der Waals surface area contributed by atoms with Gasteiger partial charge in [0.15, 0.2) is 0 Å². The third kappa shape index (κ3) is 6.43. The van der Waals surface area contributed by atoms with E-state index in [1.165, 1.54) is 25.0 Å². The third-order valence-corrected chi connectivity index (χ3v) is 3.90. The van der Waals surface area contributed by atoms with Crippen LogP contribution in [0.2, 0.25) is 0 Å². The molecular weight excluding hydrogens is 283 g/mol. The van der Waals surface area contributed by atoms with Gasteiger partial charge in [-0.1, -0.05) is 0 Å². The van der Waals surface area contributed by atoms with Crippen LogP contribution in [-0.2, 0) is 4.79 Å². The number of hydrogen-bond donors (Lipinski definition) is 2. The van der Waals surface area contributed by atoms with Gasteiger partial charge in [-0.3, -0.25) is 4.79 Å². The Morgan fingerprint density at radius 3 is 2.91 bits per heavy atom. The van der Waals surface area contributed by atoms with E-state index in [0.717, 1.165) is 26.1 Å². The molecule has 1 aliphatic rings. The number of ether oxygens (including phenoxy) is 1. The first-order valence-corrected chi connectivity index (χ1v) is 8.10. The van der Waals surface area contributed by atoms with Gasteiger partial charge in [0.05, 0.1) is 6.61 Å². The minimum absolute atomic E-state index is 0.0754. The molecule has 0 radical (unpaired) electrons. The van der Waals surface area contributed by atoms with Gasteiger partial charge in [-0.25, -0.2) is 4.39 Å². The first-order chi connectivity index (χ1) is 10.7. The summed E-state index contributed by atoms with van der Waals surface area (Å²) in [7, 11) is 0. The van der Waals surface area contributed by atoms with Gasteiger partial charge in [-0.15, -0.1) is 0 Å². The summed E-state index contributed by atoms with van der Waals surface area (Å²) in [5.74, 6) is 1.12. The largest absolute Gasteiger partial charge is 0.494 e. The lowest BCUT2D eigenvalue weighted by Crippen LogP contribution is -2.33. The summed E-state index contributed by atoms with van der Waals surface area (Å²) >= 11 is 0. The van der Waals surface area contributed by atoms with Crippen LogP contribution >= 0.6 is 0 Å². The van der Waals surface area contributed by atoms with E-state index in [1.54, 1.807) is 12.1 Å². The average molecular weight is 308 g/mol. The van der Waals surface area contributed by atoms with Crippen molar-refractivity contribution in [3.63, 3.8) is 0 Å². The molecule has 1 aromatic rings. The van der Waals surface area contributed by atoms with Gasteiger partial charge in [-0.2, -0.15) is 0 Å². The predicted molar refractivity (Wildman–Crippen MR) is 84.3 cm³/mol. The second-order valence-electron chi connectivity index (χ2n) is 5.76. The minimum atomic E-state index is -0.278. The monoisotopic (exact) mass is 308 g/mol. The highest BCUT2D eigenvalue weighted by molar-refractivity contribution is 5.75. The standard InChI is InChI=1S/C17H25FN2O2/c18-15-5-7-16(8-6-15)22-12-2-4-17(21)20-11-9-14-3-1-10-19-13-14/h5-8,14,19H,1-4,9-13H2,(H,20,21). The number of rotatable bonds is 8. The summed E-state index contributed by atoms with van der Waals surface area (Å²) in [5.41, 5.74) is 0. The maximum absolute atomic E-state index is 12.7. The van der Waals surface area contributed by atoms with Crippen LogP contribution in [0.5, 0.6) is 5.75 Å². The lowest BCUT2D eigenvalue weighted by Gasteiger charge is -2.22. The number of benzene rings is 1. The Morgan fingerprint density at radius 2 is 2.18 bits per heavy atom. The Hall–Kier alpha value is -1.62. The van der Waals surface area contributed by atoms with Gasteiger partial charge < -0.3 is 15.4 Å². The number of hydrogen-bond acceptors (Lipinski definition) is 3. The molecule has 1 heterocycles. The number of amides is 1. The van der Waals surface area contributed by atoms with Gasteiger partial charge >= 0.3 is 0 Å². The maximum atomic E-state index is 12.7. The Morgan fingerprint density at radius 1 is 1.36 bits per heavy atom. The zero-order valence-corrected chi connectivity index (χ0v) is 12.9. The highest BCUT2D eigenvalue weighted by Gasteiger charge is 2.12. The Labute approximate surface area is 131 Å². The molecular formula is C17H25FN2O2. The molecule has 0 aromatic heterocycles. The van der Waals surface area contributed by atoms with Crippen LogP contribution in [0, 0.1) is 11.7 Å². The molecule has 0 aliphatic carbocycles. The summed E-state index contributed by atoms with van der Waals surface area (Å²) in [6, 6.07) is 5.91. The average Bonchev–Trinajstić information content (AvgIpc) is 2.54. The molecule has 4 nitrogen and oxygen atoms in total. The summed E-state index contributed by atoms with van der Waals surface area (Å²) in [4.78, 5) is 11.7. The van der Waals surface area contributed by atoms with Crippen molar-refractivity contribution in [2.24, 2.45) is 5.92 Å². The Balaban J connectivity index is 1.49. The number of carbonyl (C=O) groups excluding carboxylic acids is 1. The van der Waals surface area contributed by atoms with Crippen molar-refractivity contribution >= 4 is 5.91 Å². The van der Waals surface area contributed by atoms with E-state index in [-0.39, 0.29) is 11.7 Å². The smallest absolute Gasteiger partial charge is 0.220 e. The van der Waals surface area contributed by atoms with Gasteiger partial charge in [0.2, 0.25) is 5.91 Å². The Kier molecular flexibility index (Phi) is 7.16. The molecule has 1 aromatic carbocycles. The second-order valence-corrected chi connectivity index (χ2v) is 5.76. The number of halogens is 1. The van der Waals surface area contributed by atoms with Gasteiger partial charge in [0.1, 0.15) is 11.6 Å². The number of piperidine rings is 1. The van der Waals surface area contributed by atoms with E-state index in [9.17, 15) is 9.18 Å². The van der Waals surface area contributed by atoms with Crippen molar-refractivity contribution in [3.05, 3.63) is 30.1 Å². The lowest BCUT2D eigenvalue weighted by atomic mass is 9.96. The summed E-state index contributed by atoms with van der Waals surface area (Å²) < 4.78 is 18.2. The fraction of sp³-hybridized carbons (Fsp3) is 0.588. The highest BCUT2D eigenvalue weighted by Crippen LogP contribution is 2.13. The van der Waals surface area contributed by atoms with Crippen LogP contribution in [0.25, 0.3) is 0 Å². The summed E-state index contributed by atoms with van der Waals surface area (Å²) in [6.45, 7) is 3.41. The molecule has 1 saturated heterocycles. The molecule has 22 heavy (non-hydrogen) atoms. The van der Waals surface area contributed by atoms with E-state index in [2.05, 4.69) is 10.6 Å². The molecule has 0 bridgehead atoms. The van der Waals surface area contributed by atoms with Crippen molar-refractivity contribution in [1.29, 1.82) is 0 Å². The maximum Gasteiger partial charge on any atom is 0.220 e. The summed E-state index contributed by atoms with van der Waals surface area (Å²) in [5, 5.41) is 6.35. The molecule has 2 N–H and O–H groups in total. The van der Waals surface area contributed by atoms with Gasteiger partial charge in [-0.05, 0) is 69.0 Å². The van der Waals surface area contributed by atoms with E-state index < -0.39 is 0 Å². The molecule has 5 heteroatoms. The van der Waals surface area contributed by atoms with Crippen LogP contribution < -0.4 is 15.4 Å². The van der Waals surface area contributed by atoms with Crippen LogP contribution in [-0.4, -0.2) is 32.1 Å². The quantitative estimate of drug-likeness (QED) is 0.726. The SMILES string of the molecule is O=C(CCCOc1ccc(F)cc1)NCCC1CCCNC1. The normalized spacial score (nSPS) is 18.0. The molecule has 0 spiro atoms. The molecule has 2 rings (SSSR count). The van der Waals surface area contributed by atoms with E-state index in [4.69, 9.17) is 4.74 Å². The predicted octanol–water partition coefficient (Wildman–Crippen LogP) is 2.49. The fourth-order valence-electron chi connectivity index (χ4n) is 2.63. The molecule has 1 aliphatic heterocycles. The third-order valence-electron chi connectivity index (χ3n) is 3.90. The molecule has 0 saturated carbocycles. The van der Waals surface area contributed by atoms with E-state index in [0.29, 0.717) is 31.1 Å². The van der Waals surface area contributed by atoms with Crippen molar-refractivity contribution in [2.75, 3.05) is 26.2 Å². The van der Waals surface area contributed by atoms with Crippen LogP contribution in [0.3, 0.4) is 0 Å². The molecule has 1 fully saturated rings. The molecule has 122 valence electrons. The number of nitrogens with one attached hydrogen (secondary N) is 2. The van der Waals surface area contributed by atoms with Crippen molar-refractivity contribution in [2.45, 2.75) is 32.1 Å². The minimum Gasteiger partial charge on any atom is -0.494 e. The van der Waals surface area contributed by atoms with Crippen molar-refractivity contribution < 1.29 is 13.9 Å². The first-order valence-electron chi connectivity index (χ1n) is 8.10. The lowest BCUT2D eigenvalue weighted by molar-refractivity contribution is -0.121. The molecule has 1 amide bonds. The topological polar surface area (TPSA) is 50.4 Å². The zero-order chi connectivity index (χ0) is 15.6. The van der Waals surface area contributed by atoms with Crippen LogP contribution in [0.1, 0.15) is 32.1 Å². The summed E-state index contributed by atoms with van der Waals surface area (Å²) in [6.07, 6.45) is 4.66. The second kappa shape index (κ2) is 9.41. The van der Waals surface area contributed by atoms with Crippen molar-refractivity contribution in [3.8, 4) is 5.75 Å². The highest BCUT2D eigenvalue weighted by atomic mass is 19.1. The molecule has 1 unspecified atom stereocenters. The van der Waals surface area contributed by atoms with E-state index in [1.807, 2.05) is 0 Å². The van der Waals surface area contributed by atoms with Crippen LogP contribution in [0.4, 0.5) is 4.39 Å². The fourth-order valence-corrected chi connectivity index (χ4v) is 2.63. The van der Waals surface area contributed by atoms with Gasteiger partial charge in [0.25, 0.3) is 0 Å². The zero-order valence-electron chi connectivity index (χ0n) is 12.9. The van der Waals surface area contributed by atoms with E-state index >= 15 is 0 Å². The van der Waals surface area contributed by atoms with Gasteiger partial charge in [0, 0.05) is 13.0 Å². The molecule has 1 atom stereocenters. The van der Waals surface area contributed by atoms with Crippen LogP contribution in [0.15, 0.2) is 24.3 Å². The first kappa shape index (κ1) is 16.7. The van der Waals surface area contributed by atoms with Crippen molar-refractivity contribution in [1.82, 2.24) is 10.6 Å². The number of carbonyl (C=O) groups is 1. The Bertz CT molecular complexity index is 444.